The molecule has 2 heterocycles. The number of ether oxygens (including phenoxy) is 1. The topological polar surface area (TPSA) is 127 Å². The van der Waals surface area contributed by atoms with Gasteiger partial charge in [0, 0.05) is 19.2 Å². The van der Waals surface area contributed by atoms with Gasteiger partial charge in [-0.1, -0.05) is 13.0 Å². The van der Waals surface area contributed by atoms with E-state index in [0.29, 0.717) is 23.9 Å². The molecule has 0 spiro atoms. The van der Waals surface area contributed by atoms with Crippen molar-refractivity contribution in [1.29, 1.82) is 0 Å². The number of imide groups is 1. The Morgan fingerprint density at radius 2 is 1.80 bits per heavy atom. The Kier molecular flexibility index (Phi) is 5.86. The fourth-order valence-electron chi connectivity index (χ4n) is 3.70. The highest BCUT2D eigenvalue weighted by Gasteiger charge is 2.45. The molecular weight excluding hydrogens is 394 g/mol. The molecule has 2 aliphatic heterocycles. The Morgan fingerprint density at radius 1 is 1.17 bits per heavy atom. The zero-order valence-corrected chi connectivity index (χ0v) is 17.0. The van der Waals surface area contributed by atoms with Crippen LogP contribution in [0.4, 0.5) is 5.69 Å². The molecule has 0 unspecified atom stereocenters. The van der Waals surface area contributed by atoms with E-state index in [1.807, 2.05) is 0 Å². The van der Waals surface area contributed by atoms with Crippen molar-refractivity contribution in [2.45, 2.75) is 45.8 Å². The van der Waals surface area contributed by atoms with Crippen molar-refractivity contribution in [2.75, 3.05) is 13.1 Å². The Bertz CT molecular complexity index is 921. The van der Waals surface area contributed by atoms with E-state index in [1.165, 1.54) is 26.0 Å². The van der Waals surface area contributed by atoms with Gasteiger partial charge in [-0.2, -0.15) is 0 Å². The lowest BCUT2D eigenvalue weighted by molar-refractivity contribution is -0.385. The highest BCUT2D eigenvalue weighted by atomic mass is 16.6. The van der Waals surface area contributed by atoms with Crippen molar-refractivity contribution < 1.29 is 28.8 Å². The van der Waals surface area contributed by atoms with Gasteiger partial charge in [0.2, 0.25) is 0 Å². The molecule has 0 saturated carbocycles. The number of likely N-dealkylation sites (tertiary alicyclic amines) is 1. The van der Waals surface area contributed by atoms with Gasteiger partial charge in [0.1, 0.15) is 11.6 Å². The highest BCUT2D eigenvalue weighted by Crippen LogP contribution is 2.32. The number of carbonyl (C=O) groups is 4. The summed E-state index contributed by atoms with van der Waals surface area (Å²) in [6, 6.07) is 2.38. The SMILES string of the molecule is CC1CCN(C(=O)[C@H](C)OC(=O)[C@@H](C)N2C(=O)c3cccc([N+](=O)[O-])c3C2=O)CC1. The van der Waals surface area contributed by atoms with Gasteiger partial charge < -0.3 is 9.64 Å². The fourth-order valence-corrected chi connectivity index (χ4v) is 3.70. The minimum Gasteiger partial charge on any atom is -0.451 e. The zero-order chi connectivity index (χ0) is 22.2. The first kappa shape index (κ1) is 21.4. The predicted molar refractivity (Wildman–Crippen MR) is 104 cm³/mol. The van der Waals surface area contributed by atoms with Crippen LogP contribution >= 0.6 is 0 Å². The Labute approximate surface area is 172 Å². The van der Waals surface area contributed by atoms with Crippen LogP contribution in [0.3, 0.4) is 0 Å². The number of piperidine rings is 1. The molecule has 160 valence electrons. The number of nitrogens with zero attached hydrogens (tertiary/aromatic N) is 3. The minimum atomic E-state index is -1.34. The van der Waals surface area contributed by atoms with E-state index in [1.54, 1.807) is 4.90 Å². The van der Waals surface area contributed by atoms with E-state index >= 15 is 0 Å². The molecule has 3 amide bonds. The summed E-state index contributed by atoms with van der Waals surface area (Å²) >= 11 is 0. The number of hydrogen-bond donors (Lipinski definition) is 0. The van der Waals surface area contributed by atoms with Gasteiger partial charge in [-0.15, -0.1) is 0 Å². The molecule has 10 heteroatoms. The number of nitro benzene ring substituents is 1. The van der Waals surface area contributed by atoms with Gasteiger partial charge in [-0.05, 0) is 38.7 Å². The quantitative estimate of drug-likeness (QED) is 0.309. The number of fused-ring (bicyclic) bond motifs is 1. The van der Waals surface area contributed by atoms with E-state index in [-0.39, 0.29) is 17.0 Å². The average molecular weight is 417 g/mol. The first-order valence-electron chi connectivity index (χ1n) is 9.78. The van der Waals surface area contributed by atoms with Gasteiger partial charge >= 0.3 is 5.97 Å². The Morgan fingerprint density at radius 3 is 2.40 bits per heavy atom. The number of hydrogen-bond acceptors (Lipinski definition) is 7. The van der Waals surface area contributed by atoms with Crippen LogP contribution in [-0.4, -0.2) is 63.6 Å². The lowest BCUT2D eigenvalue weighted by Crippen LogP contribution is -2.48. The molecule has 30 heavy (non-hydrogen) atoms. The molecule has 10 nitrogen and oxygen atoms in total. The minimum absolute atomic E-state index is 0.139. The maximum atomic E-state index is 12.7. The second-order valence-electron chi connectivity index (χ2n) is 7.70. The van der Waals surface area contributed by atoms with Gasteiger partial charge in [-0.25, -0.2) is 4.79 Å². The Balaban J connectivity index is 1.71. The van der Waals surface area contributed by atoms with Gasteiger partial charge in [0.15, 0.2) is 6.10 Å². The molecule has 0 aliphatic carbocycles. The monoisotopic (exact) mass is 417 g/mol. The number of nitro groups is 1. The summed E-state index contributed by atoms with van der Waals surface area (Å²) in [4.78, 5) is 63.1. The van der Waals surface area contributed by atoms with Gasteiger partial charge in [0.05, 0.1) is 10.5 Å². The van der Waals surface area contributed by atoms with Crippen molar-refractivity contribution in [1.82, 2.24) is 9.80 Å². The molecule has 1 fully saturated rings. The average Bonchev–Trinajstić information content (AvgIpc) is 2.97. The third-order valence-corrected chi connectivity index (χ3v) is 5.59. The first-order valence-corrected chi connectivity index (χ1v) is 9.78. The maximum absolute atomic E-state index is 12.7. The van der Waals surface area contributed by atoms with Crippen LogP contribution in [0.5, 0.6) is 0 Å². The van der Waals surface area contributed by atoms with Crippen LogP contribution in [0.15, 0.2) is 18.2 Å². The molecule has 1 aromatic carbocycles. The summed E-state index contributed by atoms with van der Waals surface area (Å²) in [6.07, 6.45) is 0.672. The van der Waals surface area contributed by atoms with Crippen molar-refractivity contribution >= 4 is 29.4 Å². The number of amides is 3. The van der Waals surface area contributed by atoms with Crippen LogP contribution in [0.1, 0.15) is 54.3 Å². The lowest BCUT2D eigenvalue weighted by atomic mass is 9.99. The van der Waals surface area contributed by atoms with Crippen LogP contribution in [-0.2, 0) is 14.3 Å². The molecule has 0 bridgehead atoms. The number of benzene rings is 1. The van der Waals surface area contributed by atoms with Crippen molar-refractivity contribution in [3.8, 4) is 0 Å². The smallest absolute Gasteiger partial charge is 0.329 e. The summed E-state index contributed by atoms with van der Waals surface area (Å²) in [5, 5.41) is 11.2. The summed E-state index contributed by atoms with van der Waals surface area (Å²) in [5.74, 6) is -2.48. The van der Waals surface area contributed by atoms with E-state index < -0.39 is 40.5 Å². The molecule has 2 aliphatic rings. The third kappa shape index (κ3) is 3.77. The van der Waals surface area contributed by atoms with E-state index in [4.69, 9.17) is 4.74 Å². The van der Waals surface area contributed by atoms with Crippen molar-refractivity contribution in [3.05, 3.63) is 39.4 Å². The second-order valence-corrected chi connectivity index (χ2v) is 7.70. The fraction of sp³-hybridized carbons (Fsp3) is 0.500. The summed E-state index contributed by atoms with van der Waals surface area (Å²) in [7, 11) is 0. The normalized spacial score (nSPS) is 18.8. The lowest BCUT2D eigenvalue weighted by Gasteiger charge is -2.32. The number of carbonyl (C=O) groups excluding carboxylic acids is 4. The summed E-state index contributed by atoms with van der Waals surface area (Å²) in [5.41, 5.74) is -0.990. The van der Waals surface area contributed by atoms with Crippen molar-refractivity contribution in [2.24, 2.45) is 5.92 Å². The third-order valence-electron chi connectivity index (χ3n) is 5.59. The molecule has 1 aromatic rings. The molecule has 0 radical (unpaired) electrons. The standard InChI is InChI=1S/C20H23N3O7/c1-11-7-9-21(10-8-11)17(24)13(3)30-20(27)12(2)22-18(25)14-5-4-6-15(23(28)29)16(14)19(22)26/h4-6,11-13H,7-10H2,1-3H3/t12-,13+/m1/s1. The largest absolute Gasteiger partial charge is 0.451 e. The molecular formula is C20H23N3O7. The first-order chi connectivity index (χ1) is 14.1. The van der Waals surface area contributed by atoms with Gasteiger partial charge in [-0.3, -0.25) is 29.4 Å². The highest BCUT2D eigenvalue weighted by molar-refractivity contribution is 6.24. The molecule has 3 rings (SSSR count). The second kappa shape index (κ2) is 8.21. The van der Waals surface area contributed by atoms with E-state index in [2.05, 4.69) is 6.92 Å². The van der Waals surface area contributed by atoms with Crippen LogP contribution in [0, 0.1) is 16.0 Å². The van der Waals surface area contributed by atoms with Crippen LogP contribution in [0.2, 0.25) is 0 Å². The van der Waals surface area contributed by atoms with Crippen molar-refractivity contribution in [3.63, 3.8) is 0 Å². The van der Waals surface area contributed by atoms with E-state index in [0.717, 1.165) is 18.9 Å². The van der Waals surface area contributed by atoms with Gasteiger partial charge in [0.25, 0.3) is 23.4 Å². The molecule has 0 aromatic heterocycles. The zero-order valence-electron chi connectivity index (χ0n) is 17.0. The van der Waals surface area contributed by atoms with E-state index in [9.17, 15) is 29.3 Å². The summed E-state index contributed by atoms with van der Waals surface area (Å²) < 4.78 is 5.23. The molecule has 1 saturated heterocycles. The summed E-state index contributed by atoms with van der Waals surface area (Å²) in [6.45, 7) is 6.01. The maximum Gasteiger partial charge on any atom is 0.329 e. The van der Waals surface area contributed by atoms with Crippen LogP contribution < -0.4 is 0 Å². The van der Waals surface area contributed by atoms with Crippen LogP contribution in [0.25, 0.3) is 0 Å². The number of esters is 1. The predicted octanol–water partition coefficient (Wildman–Crippen LogP) is 1.77. The molecule has 2 atom stereocenters. The molecule has 0 N–H and O–H groups in total. The number of rotatable bonds is 5. The Hall–Kier alpha value is -3.30.